The summed E-state index contributed by atoms with van der Waals surface area (Å²) < 4.78 is 9.67. The second-order valence-corrected chi connectivity index (χ2v) is 16.0. The van der Waals surface area contributed by atoms with Gasteiger partial charge in [-0.2, -0.15) is 0 Å². The molecule has 0 aliphatic carbocycles. The zero-order chi connectivity index (χ0) is 41.0. The van der Waals surface area contributed by atoms with Gasteiger partial charge in [0, 0.05) is 45.0 Å². The summed E-state index contributed by atoms with van der Waals surface area (Å²) in [5.74, 6) is 0. The molecule has 10 aromatic carbocycles. The summed E-state index contributed by atoms with van der Waals surface area (Å²) >= 11 is 0. The van der Waals surface area contributed by atoms with Gasteiger partial charge in [0.15, 0.2) is 5.58 Å². The molecule has 0 aliphatic heterocycles. The van der Waals surface area contributed by atoms with E-state index in [2.05, 4.69) is 240 Å². The molecule has 12 rings (SSSR count). The maximum Gasteiger partial charge on any atom is 0.159 e. The molecule has 0 saturated heterocycles. The van der Waals surface area contributed by atoms with Crippen LogP contribution >= 0.6 is 0 Å². The Morgan fingerprint density at radius 3 is 1.84 bits per heavy atom. The van der Waals surface area contributed by atoms with Gasteiger partial charge in [0.05, 0.1) is 16.7 Å². The molecule has 0 spiro atoms. The molecule has 12 aromatic rings. The third-order valence-corrected chi connectivity index (χ3v) is 12.5. The Bertz CT molecular complexity index is 3590. The molecule has 0 fully saturated rings. The predicted molar refractivity (Wildman–Crippen MR) is 261 cm³/mol. The summed E-state index contributed by atoms with van der Waals surface area (Å²) in [7, 11) is 0. The fourth-order valence-electron chi connectivity index (χ4n) is 9.65. The van der Waals surface area contributed by atoms with Crippen molar-refractivity contribution in [3.05, 3.63) is 236 Å². The van der Waals surface area contributed by atoms with E-state index in [1.54, 1.807) is 0 Å². The highest BCUT2D eigenvalue weighted by molar-refractivity contribution is 6.26. The highest BCUT2D eigenvalue weighted by atomic mass is 16.3. The minimum absolute atomic E-state index is 0.625. The molecule has 3 heteroatoms. The zero-order valence-electron chi connectivity index (χ0n) is 33.9. The van der Waals surface area contributed by atoms with Crippen LogP contribution in [0.3, 0.4) is 0 Å². The van der Waals surface area contributed by atoms with E-state index in [9.17, 15) is 0 Å². The van der Waals surface area contributed by atoms with Gasteiger partial charge < -0.3 is 13.9 Å². The van der Waals surface area contributed by atoms with Gasteiger partial charge in [0.25, 0.3) is 0 Å². The SMILES string of the molecule is c1ccc(-c2ccc(N(Cc3ccccc3-c3ccccc3)c3ccc(-c4cccc5c6ccccc6n(-c6ccccc6)c45)c4c3oc3ccc5ccccc5c34)cc2)cc1. The summed E-state index contributed by atoms with van der Waals surface area (Å²) in [6.45, 7) is 0.625. The quantitative estimate of drug-likeness (QED) is 0.153. The van der Waals surface area contributed by atoms with Crippen LogP contribution in [0.2, 0.25) is 0 Å². The second kappa shape index (κ2) is 14.8. The molecule has 3 nitrogen and oxygen atoms in total. The van der Waals surface area contributed by atoms with Crippen LogP contribution in [-0.2, 0) is 6.54 Å². The summed E-state index contributed by atoms with van der Waals surface area (Å²) in [4.78, 5) is 2.44. The highest BCUT2D eigenvalue weighted by Gasteiger charge is 2.25. The van der Waals surface area contributed by atoms with Crippen LogP contribution in [0.5, 0.6) is 0 Å². The van der Waals surface area contributed by atoms with Crippen LogP contribution in [-0.4, -0.2) is 4.57 Å². The summed E-state index contributed by atoms with van der Waals surface area (Å²) in [5, 5.41) is 7.03. The molecule has 292 valence electrons. The van der Waals surface area contributed by atoms with E-state index >= 15 is 0 Å². The number of aromatic nitrogens is 1. The number of anilines is 2. The Morgan fingerprint density at radius 1 is 0.403 bits per heavy atom. The molecule has 62 heavy (non-hydrogen) atoms. The van der Waals surface area contributed by atoms with Crippen molar-refractivity contribution >= 4 is 65.9 Å². The average Bonchev–Trinajstić information content (AvgIpc) is 3.92. The molecule has 0 atom stereocenters. The normalized spacial score (nSPS) is 11.6. The van der Waals surface area contributed by atoms with Gasteiger partial charge in [0.2, 0.25) is 0 Å². The summed E-state index contributed by atoms with van der Waals surface area (Å²) in [6.07, 6.45) is 0. The van der Waals surface area contributed by atoms with E-state index in [4.69, 9.17) is 4.42 Å². The number of nitrogens with zero attached hydrogens (tertiary/aromatic N) is 2. The van der Waals surface area contributed by atoms with Gasteiger partial charge in [-0.15, -0.1) is 0 Å². The van der Waals surface area contributed by atoms with Gasteiger partial charge in [-0.25, -0.2) is 0 Å². The van der Waals surface area contributed by atoms with Crippen molar-refractivity contribution < 1.29 is 4.42 Å². The standard InChI is InChI=1S/C59H40N2O/c1-4-17-40(18-5-1)41-31-34-45(35-32-41)60(39-44-22-11-12-25-47(44)42-19-6-2-7-20-42)54-37-36-50(57-56-48-26-13-10-21-43(48)33-38-55(56)62-59(54)57)52-29-16-28-51-49-27-14-15-30-53(49)61(58(51)52)46-23-8-3-9-24-46/h1-38H,39H2. The van der Waals surface area contributed by atoms with Gasteiger partial charge >= 0.3 is 0 Å². The van der Waals surface area contributed by atoms with Crippen LogP contribution in [0.4, 0.5) is 11.4 Å². The molecule has 0 aliphatic rings. The van der Waals surface area contributed by atoms with Crippen LogP contribution in [0.1, 0.15) is 5.56 Å². The van der Waals surface area contributed by atoms with E-state index in [1.165, 1.54) is 60.4 Å². The number of fused-ring (bicyclic) bond motifs is 8. The minimum atomic E-state index is 0.625. The first kappa shape index (κ1) is 35.8. The fourth-order valence-corrected chi connectivity index (χ4v) is 9.65. The third kappa shape index (κ3) is 5.89. The lowest BCUT2D eigenvalue weighted by atomic mass is 9.94. The Balaban J connectivity index is 1.15. The lowest BCUT2D eigenvalue weighted by Gasteiger charge is -2.27. The number of hydrogen-bond acceptors (Lipinski definition) is 2. The van der Waals surface area contributed by atoms with E-state index in [0.29, 0.717) is 6.54 Å². The van der Waals surface area contributed by atoms with Gasteiger partial charge in [-0.05, 0) is 86.6 Å². The van der Waals surface area contributed by atoms with E-state index in [0.717, 1.165) is 50.1 Å². The van der Waals surface area contributed by atoms with Crippen molar-refractivity contribution in [2.45, 2.75) is 6.54 Å². The van der Waals surface area contributed by atoms with E-state index < -0.39 is 0 Å². The maximum atomic E-state index is 7.24. The first-order valence-corrected chi connectivity index (χ1v) is 21.3. The second-order valence-electron chi connectivity index (χ2n) is 16.0. The molecule has 2 heterocycles. The minimum Gasteiger partial charge on any atom is -0.454 e. The molecular weight excluding hydrogens is 753 g/mol. The van der Waals surface area contributed by atoms with Crippen molar-refractivity contribution in [3.8, 4) is 39.1 Å². The number of rotatable bonds is 8. The summed E-state index contributed by atoms with van der Waals surface area (Å²) in [6, 6.07) is 83.0. The number of para-hydroxylation sites is 3. The van der Waals surface area contributed by atoms with Crippen LogP contribution in [0.15, 0.2) is 235 Å². The lowest BCUT2D eigenvalue weighted by molar-refractivity contribution is 0.668. The Labute approximate surface area is 360 Å². The number of benzene rings is 10. The van der Waals surface area contributed by atoms with Crippen molar-refractivity contribution in [3.63, 3.8) is 0 Å². The molecule has 0 saturated carbocycles. The first-order chi connectivity index (χ1) is 30.8. The van der Waals surface area contributed by atoms with E-state index in [-0.39, 0.29) is 0 Å². The third-order valence-electron chi connectivity index (χ3n) is 12.5. The van der Waals surface area contributed by atoms with E-state index in [1.807, 2.05) is 0 Å². The fraction of sp³-hybridized carbons (Fsp3) is 0.0169. The largest absolute Gasteiger partial charge is 0.454 e. The molecule has 0 amide bonds. The lowest BCUT2D eigenvalue weighted by Crippen LogP contribution is -2.17. The number of hydrogen-bond donors (Lipinski definition) is 0. The molecule has 0 radical (unpaired) electrons. The average molecular weight is 793 g/mol. The molecule has 0 bridgehead atoms. The molecular formula is C59H40N2O. The summed E-state index contributed by atoms with van der Waals surface area (Å²) in [5.41, 5.74) is 15.6. The van der Waals surface area contributed by atoms with Gasteiger partial charge in [0.1, 0.15) is 5.58 Å². The smallest absolute Gasteiger partial charge is 0.159 e. The number of furan rings is 1. The maximum absolute atomic E-state index is 7.24. The van der Waals surface area contributed by atoms with Crippen molar-refractivity contribution in [2.75, 3.05) is 4.90 Å². The van der Waals surface area contributed by atoms with Gasteiger partial charge in [-0.1, -0.05) is 188 Å². The van der Waals surface area contributed by atoms with Crippen molar-refractivity contribution in [1.29, 1.82) is 0 Å². The molecule has 0 N–H and O–H groups in total. The van der Waals surface area contributed by atoms with Crippen molar-refractivity contribution in [2.24, 2.45) is 0 Å². The molecule has 0 unspecified atom stereocenters. The Morgan fingerprint density at radius 2 is 1.03 bits per heavy atom. The van der Waals surface area contributed by atoms with Gasteiger partial charge in [-0.3, -0.25) is 0 Å². The molecule has 2 aromatic heterocycles. The van der Waals surface area contributed by atoms with Crippen LogP contribution < -0.4 is 4.90 Å². The predicted octanol–water partition coefficient (Wildman–Crippen LogP) is 16.2. The van der Waals surface area contributed by atoms with Crippen LogP contribution in [0, 0.1) is 0 Å². The first-order valence-electron chi connectivity index (χ1n) is 21.3. The van der Waals surface area contributed by atoms with Crippen LogP contribution in [0.25, 0.3) is 93.6 Å². The monoisotopic (exact) mass is 792 g/mol. The Kier molecular flexibility index (Phi) is 8.57. The van der Waals surface area contributed by atoms with Crippen molar-refractivity contribution in [1.82, 2.24) is 4.57 Å². The topological polar surface area (TPSA) is 21.3 Å². The highest BCUT2D eigenvalue weighted by Crippen LogP contribution is 2.48. The zero-order valence-corrected chi connectivity index (χ0v) is 33.9. The Hall–Kier alpha value is -8.14.